The monoisotopic (exact) mass is 580 g/mol. The van der Waals surface area contributed by atoms with E-state index < -0.39 is 33.2 Å². The van der Waals surface area contributed by atoms with Crippen LogP contribution in [0.2, 0.25) is 10.0 Å². The lowest BCUT2D eigenvalue weighted by molar-refractivity contribution is -0.162. The lowest BCUT2D eigenvalue weighted by Gasteiger charge is -2.53. The molecule has 1 saturated heterocycles. The summed E-state index contributed by atoms with van der Waals surface area (Å²) >= 11 is 12.7. The van der Waals surface area contributed by atoms with Crippen molar-refractivity contribution in [3.8, 4) is 0 Å². The van der Waals surface area contributed by atoms with Gasteiger partial charge in [-0.15, -0.1) is 0 Å². The molecule has 1 aliphatic rings. The summed E-state index contributed by atoms with van der Waals surface area (Å²) in [6.07, 6.45) is 0.296. The van der Waals surface area contributed by atoms with E-state index in [0.717, 1.165) is 11.1 Å². The molecule has 1 fully saturated rings. The van der Waals surface area contributed by atoms with Crippen LogP contribution in [-0.2, 0) is 24.1 Å². The smallest absolute Gasteiger partial charge is 0.306 e. The maximum atomic E-state index is 14.5. The van der Waals surface area contributed by atoms with Crippen LogP contribution in [0.3, 0.4) is 0 Å². The Morgan fingerprint density at radius 1 is 1.11 bits per heavy atom. The molecule has 0 aliphatic carbocycles. The van der Waals surface area contributed by atoms with E-state index in [1.54, 1.807) is 39.0 Å². The van der Waals surface area contributed by atoms with E-state index >= 15 is 0 Å². The highest BCUT2D eigenvalue weighted by molar-refractivity contribution is 7.93. The van der Waals surface area contributed by atoms with Crippen molar-refractivity contribution in [1.29, 1.82) is 4.78 Å². The van der Waals surface area contributed by atoms with Gasteiger partial charge in [-0.05, 0) is 47.7 Å². The average molecular weight is 582 g/mol. The SMILES string of the molecule is COC(=O)C[C@@]1(C)C[C@H](c2cccc(Cl)c2)[C@@H](c2ccc(Cl)cc2)N([C@H](CS(=N)(=O)C(C)C)C(C)C)C1=O. The first-order valence-electron chi connectivity index (χ1n) is 12.9. The van der Waals surface area contributed by atoms with Gasteiger partial charge >= 0.3 is 5.97 Å². The fourth-order valence-corrected chi connectivity index (χ4v) is 7.10. The second kappa shape index (κ2) is 12.0. The first-order chi connectivity index (χ1) is 17.7. The van der Waals surface area contributed by atoms with Crippen LogP contribution in [0.15, 0.2) is 48.5 Å². The summed E-state index contributed by atoms with van der Waals surface area (Å²) in [6.45, 7) is 9.31. The molecule has 1 aliphatic heterocycles. The standard InChI is InChI=1S/C29H38Cl2N2O4S/c1-18(2)25(17-38(32,36)19(3)4)33-27(20-10-12-22(30)13-11-20)24(21-8-7-9-23(31)14-21)15-29(5,28(33)35)16-26(34)37-6/h7-14,18-19,24-25,27,32H,15-17H2,1-6H3/t24-,25-,27-,29-,38?/m1/s1. The van der Waals surface area contributed by atoms with Crippen LogP contribution < -0.4 is 0 Å². The van der Waals surface area contributed by atoms with Crippen molar-refractivity contribution in [2.75, 3.05) is 12.9 Å². The van der Waals surface area contributed by atoms with Crippen LogP contribution in [0.25, 0.3) is 0 Å². The largest absolute Gasteiger partial charge is 0.469 e. The number of carbonyl (C=O) groups is 2. The summed E-state index contributed by atoms with van der Waals surface area (Å²) in [5.41, 5.74) is 0.736. The Morgan fingerprint density at radius 3 is 2.26 bits per heavy atom. The minimum atomic E-state index is -3.01. The number of amides is 1. The number of nitrogens with zero attached hydrogens (tertiary/aromatic N) is 1. The summed E-state index contributed by atoms with van der Waals surface area (Å²) in [5, 5.41) is 0.777. The Hall–Kier alpha value is -2.09. The van der Waals surface area contributed by atoms with Gasteiger partial charge in [-0.2, -0.15) is 0 Å². The summed E-state index contributed by atoms with van der Waals surface area (Å²) < 4.78 is 27.1. The summed E-state index contributed by atoms with van der Waals surface area (Å²) in [4.78, 5) is 28.9. The van der Waals surface area contributed by atoms with E-state index in [-0.39, 0.29) is 35.2 Å². The van der Waals surface area contributed by atoms with E-state index in [1.807, 2.05) is 49.1 Å². The number of benzene rings is 2. The van der Waals surface area contributed by atoms with E-state index in [9.17, 15) is 13.8 Å². The molecule has 0 aromatic heterocycles. The van der Waals surface area contributed by atoms with E-state index in [1.165, 1.54) is 7.11 Å². The zero-order valence-electron chi connectivity index (χ0n) is 22.9. The van der Waals surface area contributed by atoms with Gasteiger partial charge in [0.25, 0.3) is 0 Å². The first-order valence-corrected chi connectivity index (χ1v) is 15.4. The number of ether oxygens (including phenoxy) is 1. The van der Waals surface area contributed by atoms with Gasteiger partial charge in [0.1, 0.15) is 0 Å². The van der Waals surface area contributed by atoms with Crippen LogP contribution in [-0.4, -0.2) is 45.1 Å². The van der Waals surface area contributed by atoms with Gasteiger partial charge in [0.15, 0.2) is 0 Å². The lowest BCUT2D eigenvalue weighted by Crippen LogP contribution is -2.59. The molecule has 6 nitrogen and oxygen atoms in total. The summed E-state index contributed by atoms with van der Waals surface area (Å²) in [7, 11) is -1.69. The van der Waals surface area contributed by atoms with Gasteiger partial charge in [0.2, 0.25) is 5.91 Å². The number of piperidine rings is 1. The Kier molecular flexibility index (Phi) is 9.59. The molecule has 9 heteroatoms. The number of carbonyl (C=O) groups excluding carboxylic acids is 2. The molecule has 2 aromatic carbocycles. The molecule has 1 heterocycles. The normalized spacial score (nSPS) is 24.4. The van der Waals surface area contributed by atoms with Crippen molar-refractivity contribution in [2.24, 2.45) is 11.3 Å². The first kappa shape index (κ1) is 30.5. The van der Waals surface area contributed by atoms with Gasteiger partial charge in [0.05, 0.1) is 30.7 Å². The molecule has 3 rings (SSSR count). The minimum absolute atomic E-state index is 0.0364. The fraction of sp³-hybridized carbons (Fsp3) is 0.517. The number of hydrogen-bond donors (Lipinski definition) is 1. The number of esters is 1. The van der Waals surface area contributed by atoms with Crippen LogP contribution in [0.5, 0.6) is 0 Å². The predicted octanol–water partition coefficient (Wildman–Crippen LogP) is 7.10. The second-order valence-electron chi connectivity index (χ2n) is 11.1. The third-order valence-electron chi connectivity index (χ3n) is 7.66. The summed E-state index contributed by atoms with van der Waals surface area (Å²) in [6, 6.07) is 14.0. The molecular formula is C29H38Cl2N2O4S. The van der Waals surface area contributed by atoms with E-state index in [4.69, 9.17) is 32.7 Å². The number of hydrogen-bond acceptors (Lipinski definition) is 5. The van der Waals surface area contributed by atoms with Gasteiger partial charge in [-0.25, -0.2) is 4.21 Å². The third-order valence-corrected chi connectivity index (χ3v) is 10.5. The number of rotatable bonds is 9. The number of methoxy groups -OCH3 is 1. The van der Waals surface area contributed by atoms with Crippen molar-refractivity contribution < 1.29 is 18.5 Å². The highest BCUT2D eigenvalue weighted by atomic mass is 35.5. The zero-order chi connectivity index (χ0) is 28.4. The molecule has 2 aromatic rings. The molecule has 1 amide bonds. The fourth-order valence-electron chi connectivity index (χ4n) is 5.34. The van der Waals surface area contributed by atoms with Gasteiger partial charge in [-0.3, -0.25) is 14.4 Å². The Labute approximate surface area is 237 Å². The predicted molar refractivity (Wildman–Crippen MR) is 154 cm³/mol. The molecule has 0 spiro atoms. The van der Waals surface area contributed by atoms with E-state index in [0.29, 0.717) is 16.5 Å². The van der Waals surface area contributed by atoms with E-state index in [2.05, 4.69) is 0 Å². The number of halogens is 2. The highest BCUT2D eigenvalue weighted by Crippen LogP contribution is 2.52. The van der Waals surface area contributed by atoms with Gasteiger partial charge < -0.3 is 9.64 Å². The average Bonchev–Trinajstić information content (AvgIpc) is 2.84. The molecule has 0 saturated carbocycles. The molecule has 208 valence electrons. The van der Waals surface area contributed by atoms with Crippen molar-refractivity contribution in [3.63, 3.8) is 0 Å². The Bertz CT molecular complexity index is 1260. The lowest BCUT2D eigenvalue weighted by atomic mass is 9.66. The second-order valence-corrected chi connectivity index (χ2v) is 14.7. The van der Waals surface area contributed by atoms with Crippen molar-refractivity contribution in [2.45, 2.75) is 70.7 Å². The third kappa shape index (κ3) is 6.54. The summed E-state index contributed by atoms with van der Waals surface area (Å²) in [5.74, 6) is -0.972. The molecule has 1 unspecified atom stereocenters. The molecule has 1 N–H and O–H groups in total. The molecule has 0 radical (unpaired) electrons. The van der Waals surface area contributed by atoms with Crippen LogP contribution in [0, 0.1) is 16.1 Å². The highest BCUT2D eigenvalue weighted by Gasteiger charge is 2.53. The topological polar surface area (TPSA) is 87.5 Å². The Morgan fingerprint density at radius 2 is 1.74 bits per heavy atom. The molecule has 5 atom stereocenters. The van der Waals surface area contributed by atoms with Gasteiger partial charge in [-0.1, -0.05) is 82.1 Å². The van der Waals surface area contributed by atoms with Crippen LogP contribution in [0.1, 0.15) is 70.5 Å². The van der Waals surface area contributed by atoms with Crippen LogP contribution >= 0.6 is 23.2 Å². The van der Waals surface area contributed by atoms with Crippen molar-refractivity contribution in [3.05, 3.63) is 69.7 Å². The Balaban J connectivity index is 2.30. The molecule has 38 heavy (non-hydrogen) atoms. The zero-order valence-corrected chi connectivity index (χ0v) is 25.2. The van der Waals surface area contributed by atoms with Gasteiger partial charge in [0, 0.05) is 37.0 Å². The van der Waals surface area contributed by atoms with Crippen molar-refractivity contribution in [1.82, 2.24) is 4.90 Å². The number of nitrogens with one attached hydrogen (secondary N) is 1. The van der Waals surface area contributed by atoms with Crippen LogP contribution in [0.4, 0.5) is 0 Å². The maximum absolute atomic E-state index is 14.5. The maximum Gasteiger partial charge on any atom is 0.306 e. The quantitative estimate of drug-likeness (QED) is 0.320. The molecule has 0 bridgehead atoms. The number of likely N-dealkylation sites (tertiary alicyclic amines) is 1. The molecular weight excluding hydrogens is 543 g/mol. The minimum Gasteiger partial charge on any atom is -0.469 e. The van der Waals surface area contributed by atoms with Crippen molar-refractivity contribution >= 4 is 44.8 Å².